The Hall–Kier alpha value is -2.86. The van der Waals surface area contributed by atoms with Crippen LogP contribution in [0.25, 0.3) is 21.5 Å². The number of thiazole rings is 1. The third-order valence-electron chi connectivity index (χ3n) is 4.15. The monoisotopic (exact) mass is 439 g/mol. The van der Waals surface area contributed by atoms with Gasteiger partial charge in [0.15, 0.2) is 5.16 Å². The lowest BCUT2D eigenvalue weighted by atomic mass is 10.2. The van der Waals surface area contributed by atoms with Gasteiger partial charge in [-0.1, -0.05) is 41.6 Å². The second kappa shape index (κ2) is 8.25. The minimum Gasteiger partial charge on any atom is -0.510 e. The van der Waals surface area contributed by atoms with Crippen LogP contribution in [0.1, 0.15) is 11.9 Å². The van der Waals surface area contributed by atoms with Crippen molar-refractivity contribution in [2.24, 2.45) is 0 Å². The van der Waals surface area contributed by atoms with Crippen molar-refractivity contribution < 1.29 is 5.11 Å². The predicted molar refractivity (Wildman–Crippen MR) is 116 cm³/mol. The molecule has 144 valence electrons. The van der Waals surface area contributed by atoms with Crippen molar-refractivity contribution in [1.82, 2.24) is 19.7 Å². The third-order valence-corrected chi connectivity index (χ3v) is 6.50. The van der Waals surface area contributed by atoms with Crippen LogP contribution in [-0.4, -0.2) is 30.1 Å². The summed E-state index contributed by atoms with van der Waals surface area (Å²) in [5.74, 6) is -0.0443. The van der Waals surface area contributed by atoms with Crippen molar-refractivity contribution in [3.05, 3.63) is 70.6 Å². The molecule has 0 amide bonds. The lowest BCUT2D eigenvalue weighted by Gasteiger charge is -2.12. The van der Waals surface area contributed by atoms with E-state index in [1.54, 1.807) is 23.0 Å². The molecule has 0 aliphatic heterocycles. The number of nitriles is 1. The lowest BCUT2D eigenvalue weighted by molar-refractivity contribution is 0.402. The number of nitrogens with zero attached hydrogens (tertiary/aromatic N) is 5. The van der Waals surface area contributed by atoms with Crippen LogP contribution in [0.2, 0.25) is 5.02 Å². The highest BCUT2D eigenvalue weighted by Crippen LogP contribution is 2.33. The van der Waals surface area contributed by atoms with Crippen molar-refractivity contribution in [2.75, 3.05) is 0 Å². The number of aromatic nitrogens is 4. The first kappa shape index (κ1) is 19.5. The average Bonchev–Trinajstić information content (AvgIpc) is 3.35. The summed E-state index contributed by atoms with van der Waals surface area (Å²) < 4.78 is 2.74. The second-order valence-electron chi connectivity index (χ2n) is 6.08. The summed E-state index contributed by atoms with van der Waals surface area (Å²) in [6.07, 6.45) is 1.58. The molecule has 29 heavy (non-hydrogen) atoms. The molecule has 2 aromatic heterocycles. The minimum atomic E-state index is -0.432. The van der Waals surface area contributed by atoms with Crippen LogP contribution in [0.15, 0.2) is 65.8 Å². The Bertz CT molecular complexity index is 1220. The zero-order valence-corrected chi connectivity index (χ0v) is 17.5. The molecule has 1 unspecified atom stereocenters. The fourth-order valence-corrected chi connectivity index (χ4v) is 4.78. The highest BCUT2D eigenvalue weighted by molar-refractivity contribution is 7.99. The summed E-state index contributed by atoms with van der Waals surface area (Å²) in [5.41, 5.74) is 1.78. The summed E-state index contributed by atoms with van der Waals surface area (Å²) in [7, 11) is 0. The van der Waals surface area contributed by atoms with Crippen LogP contribution >= 0.6 is 34.7 Å². The summed E-state index contributed by atoms with van der Waals surface area (Å²) >= 11 is 8.75. The van der Waals surface area contributed by atoms with Crippen molar-refractivity contribution in [3.63, 3.8) is 0 Å². The molecule has 0 fully saturated rings. The first-order valence-electron chi connectivity index (χ1n) is 8.58. The van der Waals surface area contributed by atoms with Crippen LogP contribution in [0, 0.1) is 11.3 Å². The van der Waals surface area contributed by atoms with E-state index in [0.29, 0.717) is 15.2 Å². The molecule has 2 aromatic carbocycles. The van der Waals surface area contributed by atoms with Crippen LogP contribution in [0.5, 0.6) is 0 Å². The minimum absolute atomic E-state index is 0.0443. The number of hydrogen-bond acceptors (Lipinski definition) is 7. The van der Waals surface area contributed by atoms with Gasteiger partial charge in [0.2, 0.25) is 0 Å². The number of aliphatic hydroxyl groups is 1. The van der Waals surface area contributed by atoms with Gasteiger partial charge in [0.25, 0.3) is 0 Å². The van der Waals surface area contributed by atoms with E-state index in [2.05, 4.69) is 21.3 Å². The lowest BCUT2D eigenvalue weighted by Crippen LogP contribution is -2.06. The van der Waals surface area contributed by atoms with Crippen LogP contribution in [0.3, 0.4) is 0 Å². The molecule has 2 heterocycles. The molecule has 9 heteroatoms. The molecule has 0 aliphatic rings. The van der Waals surface area contributed by atoms with Gasteiger partial charge in [-0.05, 0) is 37.3 Å². The number of aliphatic hydroxyl groups excluding tert-OH is 1. The number of rotatable bonds is 5. The van der Waals surface area contributed by atoms with Gasteiger partial charge < -0.3 is 5.11 Å². The molecule has 6 nitrogen and oxygen atoms in total. The summed E-state index contributed by atoms with van der Waals surface area (Å²) in [6.45, 7) is 1.81. The van der Waals surface area contributed by atoms with Gasteiger partial charge in [0.1, 0.15) is 28.7 Å². The Labute approximate surface area is 180 Å². The Balaban J connectivity index is 1.65. The Morgan fingerprint density at radius 1 is 1.28 bits per heavy atom. The molecule has 0 saturated carbocycles. The molecule has 0 saturated heterocycles. The van der Waals surface area contributed by atoms with Crippen molar-refractivity contribution in [2.45, 2.75) is 17.3 Å². The fourth-order valence-electron chi connectivity index (χ4n) is 2.72. The predicted octanol–water partition coefficient (Wildman–Crippen LogP) is 5.50. The van der Waals surface area contributed by atoms with Crippen molar-refractivity contribution >= 4 is 50.5 Å². The van der Waals surface area contributed by atoms with E-state index in [9.17, 15) is 10.4 Å². The maximum Gasteiger partial charge on any atom is 0.196 e. The number of allylic oxidation sites excluding steroid dienone is 1. The van der Waals surface area contributed by atoms with Gasteiger partial charge in [0, 0.05) is 5.02 Å². The van der Waals surface area contributed by atoms with Gasteiger partial charge in [0.05, 0.1) is 21.2 Å². The SMILES string of the molecule is CC(Sc1nncn1-c1cccc(Cl)c1)/C(O)=C(\C#N)c1nc2ccccc2s1. The Morgan fingerprint density at radius 2 is 2.10 bits per heavy atom. The van der Waals surface area contributed by atoms with Crippen LogP contribution < -0.4 is 0 Å². The van der Waals surface area contributed by atoms with E-state index in [0.717, 1.165) is 15.9 Å². The summed E-state index contributed by atoms with van der Waals surface area (Å²) in [4.78, 5) is 4.48. The largest absolute Gasteiger partial charge is 0.510 e. The number of benzene rings is 2. The van der Waals surface area contributed by atoms with Crippen LogP contribution in [0.4, 0.5) is 0 Å². The zero-order chi connectivity index (χ0) is 20.4. The van der Waals surface area contributed by atoms with Crippen molar-refractivity contribution in [3.8, 4) is 11.8 Å². The highest BCUT2D eigenvalue weighted by atomic mass is 35.5. The molecule has 0 aliphatic carbocycles. The Morgan fingerprint density at radius 3 is 2.86 bits per heavy atom. The zero-order valence-electron chi connectivity index (χ0n) is 15.2. The van der Waals surface area contributed by atoms with Gasteiger partial charge >= 0.3 is 0 Å². The fraction of sp³-hybridized carbons (Fsp3) is 0.100. The number of hydrogen-bond donors (Lipinski definition) is 1. The first-order valence-corrected chi connectivity index (χ1v) is 10.7. The molecule has 1 N–H and O–H groups in total. The summed E-state index contributed by atoms with van der Waals surface area (Å²) in [6, 6.07) is 17.0. The van der Waals surface area contributed by atoms with Gasteiger partial charge in [-0.15, -0.1) is 21.5 Å². The van der Waals surface area contributed by atoms with E-state index in [4.69, 9.17) is 11.6 Å². The quantitative estimate of drug-likeness (QED) is 0.251. The molecule has 0 bridgehead atoms. The van der Waals surface area contributed by atoms with E-state index >= 15 is 0 Å². The summed E-state index contributed by atoms with van der Waals surface area (Å²) in [5, 5.41) is 29.8. The normalized spacial score (nSPS) is 13.1. The van der Waals surface area contributed by atoms with Gasteiger partial charge in [-0.25, -0.2) is 4.98 Å². The molecular weight excluding hydrogens is 426 g/mol. The number of fused-ring (bicyclic) bond motifs is 1. The smallest absolute Gasteiger partial charge is 0.196 e. The average molecular weight is 440 g/mol. The standard InChI is InChI=1S/C20H14ClN5OS2/c1-12(28-20-25-23-11-26(20)14-6-4-5-13(21)9-14)18(27)15(10-22)19-24-16-7-2-3-8-17(16)29-19/h2-9,11-12,27H,1H3/b18-15-. The molecular formula is C20H14ClN5OS2. The number of halogens is 1. The van der Waals surface area contributed by atoms with E-state index in [-0.39, 0.29) is 11.3 Å². The van der Waals surface area contributed by atoms with E-state index in [1.807, 2.05) is 43.3 Å². The van der Waals surface area contributed by atoms with Gasteiger partial charge in [-0.3, -0.25) is 4.57 Å². The van der Waals surface area contributed by atoms with E-state index < -0.39 is 5.25 Å². The number of para-hydroxylation sites is 1. The van der Waals surface area contributed by atoms with Gasteiger partial charge in [-0.2, -0.15) is 5.26 Å². The third kappa shape index (κ3) is 3.98. The maximum absolute atomic E-state index is 10.8. The molecule has 1 atom stereocenters. The molecule has 0 spiro atoms. The molecule has 4 aromatic rings. The molecule has 4 rings (SSSR count). The first-order chi connectivity index (χ1) is 14.1. The number of thioether (sulfide) groups is 1. The second-order valence-corrected chi connectivity index (χ2v) is 8.86. The van der Waals surface area contributed by atoms with E-state index in [1.165, 1.54) is 23.1 Å². The topological polar surface area (TPSA) is 87.6 Å². The van der Waals surface area contributed by atoms with Crippen molar-refractivity contribution in [1.29, 1.82) is 5.26 Å². The maximum atomic E-state index is 10.8. The Kier molecular flexibility index (Phi) is 5.53. The highest BCUT2D eigenvalue weighted by Gasteiger charge is 2.21. The van der Waals surface area contributed by atoms with Crippen LogP contribution in [-0.2, 0) is 0 Å². The molecule has 0 radical (unpaired) electrons.